The topological polar surface area (TPSA) is 90.8 Å². The minimum absolute atomic E-state index is 0.202. The van der Waals surface area contributed by atoms with E-state index < -0.39 is 0 Å². The zero-order chi connectivity index (χ0) is 13.8. The predicted octanol–water partition coefficient (Wildman–Crippen LogP) is 0.420. The molecule has 0 aliphatic heterocycles. The molecule has 2 heterocycles. The Labute approximate surface area is 111 Å². The van der Waals surface area contributed by atoms with Crippen LogP contribution in [0.3, 0.4) is 0 Å². The van der Waals surface area contributed by atoms with Crippen LogP contribution < -0.4 is 11.1 Å². The lowest BCUT2D eigenvalue weighted by molar-refractivity contribution is 0.0942. The number of carbonyl (C=O) groups excluding carboxylic acids is 1. The number of anilines is 1. The number of aryl methyl sites for hydroxylation is 2. The van der Waals surface area contributed by atoms with Gasteiger partial charge in [-0.1, -0.05) is 0 Å². The average Bonchev–Trinajstić information content (AvgIpc) is 2.99. The molecule has 7 nitrogen and oxygen atoms in total. The number of nitrogen functional groups attached to an aromatic ring is 1. The summed E-state index contributed by atoms with van der Waals surface area (Å²) in [7, 11) is 0. The second-order valence-electron chi connectivity index (χ2n) is 4.19. The molecule has 7 heteroatoms. The van der Waals surface area contributed by atoms with Crippen molar-refractivity contribution in [2.75, 3.05) is 12.3 Å². The highest BCUT2D eigenvalue weighted by atomic mass is 16.2. The van der Waals surface area contributed by atoms with Crippen LogP contribution in [0.25, 0.3) is 0 Å². The number of rotatable bonds is 5. The van der Waals surface area contributed by atoms with Gasteiger partial charge in [-0.25, -0.2) is 0 Å². The first-order valence-electron chi connectivity index (χ1n) is 6.22. The Morgan fingerprint density at radius 2 is 2.32 bits per heavy atom. The molecule has 0 fully saturated rings. The van der Waals surface area contributed by atoms with Crippen LogP contribution in [-0.2, 0) is 13.1 Å². The Morgan fingerprint density at radius 1 is 1.53 bits per heavy atom. The van der Waals surface area contributed by atoms with Gasteiger partial charge in [0.1, 0.15) is 5.69 Å². The van der Waals surface area contributed by atoms with E-state index in [1.165, 1.54) is 0 Å². The second-order valence-corrected chi connectivity index (χ2v) is 4.19. The number of nitrogens with zero attached hydrogens (tertiary/aromatic N) is 4. The van der Waals surface area contributed by atoms with Crippen LogP contribution in [0.5, 0.6) is 0 Å². The zero-order valence-electron chi connectivity index (χ0n) is 11.1. The van der Waals surface area contributed by atoms with Gasteiger partial charge >= 0.3 is 0 Å². The molecular weight excluding hydrogens is 244 g/mol. The van der Waals surface area contributed by atoms with E-state index in [2.05, 4.69) is 15.5 Å². The fraction of sp³-hybridized carbons (Fsp3) is 0.417. The van der Waals surface area contributed by atoms with E-state index in [1.807, 2.05) is 19.2 Å². The van der Waals surface area contributed by atoms with Crippen molar-refractivity contribution < 1.29 is 4.79 Å². The van der Waals surface area contributed by atoms with Crippen LogP contribution in [0.4, 0.5) is 5.69 Å². The van der Waals surface area contributed by atoms with Gasteiger partial charge < -0.3 is 11.1 Å². The fourth-order valence-electron chi connectivity index (χ4n) is 1.86. The van der Waals surface area contributed by atoms with E-state index in [0.29, 0.717) is 36.7 Å². The Morgan fingerprint density at radius 3 is 2.95 bits per heavy atom. The summed E-state index contributed by atoms with van der Waals surface area (Å²) in [6.45, 7) is 5.44. The van der Waals surface area contributed by atoms with Crippen molar-refractivity contribution >= 4 is 11.6 Å². The first-order valence-corrected chi connectivity index (χ1v) is 6.22. The normalized spacial score (nSPS) is 10.6. The van der Waals surface area contributed by atoms with E-state index in [-0.39, 0.29) is 5.91 Å². The van der Waals surface area contributed by atoms with Crippen LogP contribution >= 0.6 is 0 Å². The first kappa shape index (κ1) is 13.1. The zero-order valence-corrected chi connectivity index (χ0v) is 11.1. The molecule has 0 aliphatic carbocycles. The molecule has 0 unspecified atom stereocenters. The largest absolute Gasteiger partial charge is 0.395 e. The summed E-state index contributed by atoms with van der Waals surface area (Å²) in [6.07, 6.45) is 3.55. The van der Waals surface area contributed by atoms with Crippen molar-refractivity contribution in [2.45, 2.75) is 26.9 Å². The molecule has 0 saturated carbocycles. The molecule has 19 heavy (non-hydrogen) atoms. The molecule has 0 saturated heterocycles. The van der Waals surface area contributed by atoms with Gasteiger partial charge in [-0.2, -0.15) is 10.2 Å². The maximum atomic E-state index is 12.1. The molecule has 0 aromatic carbocycles. The third-order valence-electron chi connectivity index (χ3n) is 2.87. The minimum Gasteiger partial charge on any atom is -0.395 e. The van der Waals surface area contributed by atoms with Gasteiger partial charge in [0.25, 0.3) is 5.91 Å². The highest BCUT2D eigenvalue weighted by molar-refractivity contribution is 5.97. The van der Waals surface area contributed by atoms with Gasteiger partial charge in [-0.3, -0.25) is 14.2 Å². The molecule has 0 aliphatic rings. The molecule has 0 radical (unpaired) electrons. The van der Waals surface area contributed by atoms with Crippen molar-refractivity contribution in [1.29, 1.82) is 0 Å². The Hall–Kier alpha value is -2.31. The van der Waals surface area contributed by atoms with E-state index in [9.17, 15) is 4.79 Å². The van der Waals surface area contributed by atoms with Gasteiger partial charge in [-0.05, 0) is 19.9 Å². The molecule has 2 aromatic heterocycles. The Kier molecular flexibility index (Phi) is 3.84. The van der Waals surface area contributed by atoms with Gasteiger partial charge in [0.15, 0.2) is 0 Å². The lowest BCUT2D eigenvalue weighted by atomic mass is 10.3. The molecule has 2 aromatic rings. The molecule has 102 valence electrons. The second kappa shape index (κ2) is 5.55. The molecular formula is C12H18N6O. The quantitative estimate of drug-likeness (QED) is 0.817. The van der Waals surface area contributed by atoms with E-state index in [0.717, 1.165) is 0 Å². The molecule has 2 rings (SSSR count). The minimum atomic E-state index is -0.202. The molecule has 0 atom stereocenters. The lowest BCUT2D eigenvalue weighted by Gasteiger charge is -2.07. The standard InChI is InChI=1S/C12H18N6O/c1-3-18-11(10(13)9(2)16-18)12(19)14-6-8-17-7-4-5-15-17/h4-5,7H,3,6,8,13H2,1-2H3,(H,14,19). The number of carbonyl (C=O) groups is 1. The van der Waals surface area contributed by atoms with Crippen molar-refractivity contribution in [3.8, 4) is 0 Å². The molecule has 1 amide bonds. The number of hydrogen-bond donors (Lipinski definition) is 2. The smallest absolute Gasteiger partial charge is 0.271 e. The van der Waals surface area contributed by atoms with Crippen molar-refractivity contribution in [1.82, 2.24) is 24.9 Å². The van der Waals surface area contributed by atoms with Crippen LogP contribution in [0.2, 0.25) is 0 Å². The Balaban J connectivity index is 2.00. The van der Waals surface area contributed by atoms with E-state index in [4.69, 9.17) is 5.73 Å². The van der Waals surface area contributed by atoms with Crippen LogP contribution in [0, 0.1) is 6.92 Å². The summed E-state index contributed by atoms with van der Waals surface area (Å²) in [5.74, 6) is -0.202. The summed E-state index contributed by atoms with van der Waals surface area (Å²) < 4.78 is 3.37. The predicted molar refractivity (Wildman–Crippen MR) is 71.6 cm³/mol. The van der Waals surface area contributed by atoms with Crippen LogP contribution in [-0.4, -0.2) is 32.0 Å². The summed E-state index contributed by atoms with van der Waals surface area (Å²) in [5.41, 5.74) is 7.44. The molecule has 0 bridgehead atoms. The van der Waals surface area contributed by atoms with Crippen molar-refractivity contribution in [3.05, 3.63) is 29.8 Å². The number of nitrogens with two attached hydrogens (primary N) is 1. The highest BCUT2D eigenvalue weighted by Gasteiger charge is 2.18. The fourth-order valence-corrected chi connectivity index (χ4v) is 1.86. The third-order valence-corrected chi connectivity index (χ3v) is 2.87. The van der Waals surface area contributed by atoms with Gasteiger partial charge in [0.2, 0.25) is 0 Å². The van der Waals surface area contributed by atoms with E-state index in [1.54, 1.807) is 22.5 Å². The monoisotopic (exact) mass is 262 g/mol. The number of nitrogens with one attached hydrogen (secondary N) is 1. The van der Waals surface area contributed by atoms with Crippen molar-refractivity contribution in [3.63, 3.8) is 0 Å². The van der Waals surface area contributed by atoms with Crippen molar-refractivity contribution in [2.24, 2.45) is 0 Å². The highest BCUT2D eigenvalue weighted by Crippen LogP contribution is 2.15. The number of hydrogen-bond acceptors (Lipinski definition) is 4. The lowest BCUT2D eigenvalue weighted by Crippen LogP contribution is -2.30. The summed E-state index contributed by atoms with van der Waals surface area (Å²) in [4.78, 5) is 12.1. The summed E-state index contributed by atoms with van der Waals surface area (Å²) in [5, 5.41) is 11.1. The summed E-state index contributed by atoms with van der Waals surface area (Å²) >= 11 is 0. The van der Waals surface area contributed by atoms with Gasteiger partial charge in [-0.15, -0.1) is 0 Å². The average molecular weight is 262 g/mol. The maximum Gasteiger partial charge on any atom is 0.271 e. The Bertz CT molecular complexity index is 557. The van der Waals surface area contributed by atoms with E-state index >= 15 is 0 Å². The number of amides is 1. The molecule has 3 N–H and O–H groups in total. The van der Waals surface area contributed by atoms with Gasteiger partial charge in [0, 0.05) is 25.5 Å². The third kappa shape index (κ3) is 2.75. The van der Waals surface area contributed by atoms with Gasteiger partial charge in [0.05, 0.1) is 17.9 Å². The van der Waals surface area contributed by atoms with Crippen LogP contribution in [0.1, 0.15) is 23.1 Å². The molecule has 0 spiro atoms. The first-order chi connectivity index (χ1) is 9.13. The number of aromatic nitrogens is 4. The SMILES string of the molecule is CCn1nc(C)c(N)c1C(=O)NCCn1cccn1. The van der Waals surface area contributed by atoms with Crippen LogP contribution in [0.15, 0.2) is 18.5 Å². The summed E-state index contributed by atoms with van der Waals surface area (Å²) in [6, 6.07) is 1.84. The maximum absolute atomic E-state index is 12.1.